The van der Waals surface area contributed by atoms with Crippen LogP contribution in [0.3, 0.4) is 0 Å². The first-order chi connectivity index (χ1) is 6.45. The first-order valence-corrected chi connectivity index (χ1v) is 6.38. The number of rotatable bonds is 0. The summed E-state index contributed by atoms with van der Waals surface area (Å²) in [6.45, 7) is 0. The van der Waals surface area contributed by atoms with Gasteiger partial charge in [-0.15, -0.1) is 23.1 Å². The van der Waals surface area contributed by atoms with Gasteiger partial charge >= 0.3 is 0 Å². The van der Waals surface area contributed by atoms with E-state index in [1.165, 1.54) is 28.7 Å². The van der Waals surface area contributed by atoms with Gasteiger partial charge in [0, 0.05) is 19.9 Å². The van der Waals surface area contributed by atoms with Crippen molar-refractivity contribution >= 4 is 33.2 Å². The molecule has 0 radical (unpaired) electrons. The van der Waals surface area contributed by atoms with E-state index in [1.807, 2.05) is 23.1 Å². The summed E-state index contributed by atoms with van der Waals surface area (Å²) in [6.07, 6.45) is 2.65. The maximum atomic E-state index is 2.25. The minimum absolute atomic E-state index is 1.29. The van der Waals surface area contributed by atoms with Crippen LogP contribution in [-0.2, 0) is 6.42 Å². The van der Waals surface area contributed by atoms with Gasteiger partial charge in [0.25, 0.3) is 0 Å². The fourth-order valence-electron chi connectivity index (χ4n) is 1.80. The van der Waals surface area contributed by atoms with Crippen LogP contribution in [0.1, 0.15) is 11.3 Å². The Hall–Kier alpha value is -0.470. The van der Waals surface area contributed by atoms with E-state index < -0.39 is 0 Å². The molecule has 0 saturated heterocycles. The van der Waals surface area contributed by atoms with Crippen LogP contribution in [0.25, 0.3) is 10.1 Å². The number of hydrogen-bond donors (Lipinski definition) is 0. The molecule has 3 rings (SSSR count). The molecule has 0 N–H and O–H groups in total. The molecule has 13 heavy (non-hydrogen) atoms. The van der Waals surface area contributed by atoms with Crippen LogP contribution in [0.15, 0.2) is 29.2 Å². The van der Waals surface area contributed by atoms with Gasteiger partial charge in [0.2, 0.25) is 0 Å². The van der Waals surface area contributed by atoms with Crippen LogP contribution < -0.4 is 0 Å². The Labute approximate surface area is 86.0 Å². The lowest BCUT2D eigenvalue weighted by Gasteiger charge is -2.09. The van der Waals surface area contributed by atoms with Crippen molar-refractivity contribution in [3.63, 3.8) is 0 Å². The molecule has 0 bridgehead atoms. The Morgan fingerprint density at radius 3 is 3.08 bits per heavy atom. The van der Waals surface area contributed by atoms with E-state index in [0.717, 1.165) is 0 Å². The molecule has 1 aliphatic heterocycles. The van der Waals surface area contributed by atoms with Crippen molar-refractivity contribution < 1.29 is 0 Å². The highest BCUT2D eigenvalue weighted by molar-refractivity contribution is 7.99. The Morgan fingerprint density at radius 2 is 2.08 bits per heavy atom. The number of aryl methyl sites for hydroxylation is 1. The van der Waals surface area contributed by atoms with Gasteiger partial charge in [-0.05, 0) is 24.7 Å². The van der Waals surface area contributed by atoms with Crippen LogP contribution in [-0.4, -0.2) is 5.75 Å². The monoisotopic (exact) mass is 206 g/mol. The van der Waals surface area contributed by atoms with Crippen LogP contribution in [0.2, 0.25) is 0 Å². The minimum atomic E-state index is 1.29. The van der Waals surface area contributed by atoms with Crippen LogP contribution in [0.4, 0.5) is 0 Å². The Kier molecular flexibility index (Phi) is 1.84. The van der Waals surface area contributed by atoms with E-state index in [-0.39, 0.29) is 0 Å². The number of fused-ring (bicyclic) bond motifs is 3. The second kappa shape index (κ2) is 3.03. The SMILES string of the molecule is c1ccc2c3c(sc2c1)CCCS3. The van der Waals surface area contributed by atoms with E-state index in [0.29, 0.717) is 0 Å². The molecule has 2 aromatic rings. The molecule has 0 unspecified atom stereocenters. The Morgan fingerprint density at radius 1 is 1.15 bits per heavy atom. The van der Waals surface area contributed by atoms with Gasteiger partial charge in [-0.1, -0.05) is 18.2 Å². The molecule has 1 aromatic carbocycles. The zero-order valence-electron chi connectivity index (χ0n) is 7.25. The van der Waals surface area contributed by atoms with Crippen LogP contribution in [0.5, 0.6) is 0 Å². The third-order valence-electron chi connectivity index (χ3n) is 2.41. The molecular formula is C11H10S2. The minimum Gasteiger partial charge on any atom is -0.139 e. The zero-order chi connectivity index (χ0) is 8.67. The second-order valence-electron chi connectivity index (χ2n) is 3.30. The van der Waals surface area contributed by atoms with E-state index in [2.05, 4.69) is 24.3 Å². The van der Waals surface area contributed by atoms with Crippen molar-refractivity contribution in [3.05, 3.63) is 29.1 Å². The van der Waals surface area contributed by atoms with Gasteiger partial charge in [0.05, 0.1) is 0 Å². The molecule has 0 saturated carbocycles. The van der Waals surface area contributed by atoms with Crippen molar-refractivity contribution in [2.45, 2.75) is 17.7 Å². The molecule has 0 amide bonds. The smallest absolute Gasteiger partial charge is 0.0357 e. The predicted octanol–water partition coefficient (Wildman–Crippen LogP) is 3.94. The van der Waals surface area contributed by atoms with Gasteiger partial charge in [-0.2, -0.15) is 0 Å². The van der Waals surface area contributed by atoms with Crippen molar-refractivity contribution in [2.24, 2.45) is 0 Å². The molecule has 0 nitrogen and oxygen atoms in total. The number of thiophene rings is 1. The average molecular weight is 206 g/mol. The fourth-order valence-corrected chi connectivity index (χ4v) is 4.40. The van der Waals surface area contributed by atoms with Crippen molar-refractivity contribution in [3.8, 4) is 0 Å². The summed E-state index contributed by atoms with van der Waals surface area (Å²) >= 11 is 4.01. The highest BCUT2D eigenvalue weighted by Gasteiger charge is 2.15. The van der Waals surface area contributed by atoms with Gasteiger partial charge in [0.1, 0.15) is 0 Å². The lowest BCUT2D eigenvalue weighted by atomic mass is 10.2. The number of thioether (sulfide) groups is 1. The first kappa shape index (κ1) is 7.89. The standard InChI is InChI=1S/C11H10S2/c1-2-5-9-8(4-1)11-10(13-9)6-3-7-12-11/h1-2,4-5H,3,6-7H2. The first-order valence-electron chi connectivity index (χ1n) is 4.58. The molecule has 0 aliphatic carbocycles. The maximum absolute atomic E-state index is 2.25. The van der Waals surface area contributed by atoms with Crippen molar-refractivity contribution in [1.82, 2.24) is 0 Å². The van der Waals surface area contributed by atoms with E-state index in [1.54, 1.807) is 9.77 Å². The summed E-state index contributed by atoms with van der Waals surface area (Å²) in [5.74, 6) is 1.30. The average Bonchev–Trinajstić information content (AvgIpc) is 2.56. The van der Waals surface area contributed by atoms with Crippen LogP contribution >= 0.6 is 23.1 Å². The molecule has 2 heterocycles. The van der Waals surface area contributed by atoms with Gasteiger partial charge in [0.15, 0.2) is 0 Å². The number of hydrogen-bond acceptors (Lipinski definition) is 2. The largest absolute Gasteiger partial charge is 0.139 e. The molecule has 0 atom stereocenters. The van der Waals surface area contributed by atoms with Gasteiger partial charge in [-0.3, -0.25) is 0 Å². The van der Waals surface area contributed by atoms with E-state index >= 15 is 0 Å². The van der Waals surface area contributed by atoms with Crippen LogP contribution in [0, 0.1) is 0 Å². The normalized spacial score (nSPS) is 16.0. The number of benzene rings is 1. The molecule has 2 heteroatoms. The third kappa shape index (κ3) is 1.20. The fraction of sp³-hybridized carbons (Fsp3) is 0.273. The van der Waals surface area contributed by atoms with Crippen molar-refractivity contribution in [2.75, 3.05) is 5.75 Å². The van der Waals surface area contributed by atoms with E-state index in [9.17, 15) is 0 Å². The third-order valence-corrected chi connectivity index (χ3v) is 5.02. The second-order valence-corrected chi connectivity index (χ2v) is 5.54. The Bertz CT molecular complexity index is 442. The quantitative estimate of drug-likeness (QED) is 0.629. The summed E-state index contributed by atoms with van der Waals surface area (Å²) in [7, 11) is 0. The molecule has 0 fully saturated rings. The molecule has 66 valence electrons. The summed E-state index contributed by atoms with van der Waals surface area (Å²) in [4.78, 5) is 3.17. The maximum Gasteiger partial charge on any atom is 0.0357 e. The summed E-state index contributed by atoms with van der Waals surface area (Å²) < 4.78 is 1.46. The lowest BCUT2D eigenvalue weighted by molar-refractivity contribution is 0.918. The zero-order valence-corrected chi connectivity index (χ0v) is 8.88. The Balaban J connectivity index is 2.34. The molecule has 1 aromatic heterocycles. The lowest BCUT2D eigenvalue weighted by Crippen LogP contribution is -1.93. The predicted molar refractivity (Wildman–Crippen MR) is 60.9 cm³/mol. The molecule has 0 spiro atoms. The molecular weight excluding hydrogens is 196 g/mol. The van der Waals surface area contributed by atoms with Gasteiger partial charge in [-0.25, -0.2) is 0 Å². The summed E-state index contributed by atoms with van der Waals surface area (Å²) in [5.41, 5.74) is 0. The highest BCUT2D eigenvalue weighted by atomic mass is 32.2. The summed E-state index contributed by atoms with van der Waals surface area (Å²) in [6, 6.07) is 8.77. The van der Waals surface area contributed by atoms with E-state index in [4.69, 9.17) is 0 Å². The van der Waals surface area contributed by atoms with Gasteiger partial charge < -0.3 is 0 Å². The highest BCUT2D eigenvalue weighted by Crippen LogP contribution is 2.41. The molecule has 1 aliphatic rings. The topological polar surface area (TPSA) is 0 Å². The van der Waals surface area contributed by atoms with Crippen molar-refractivity contribution in [1.29, 1.82) is 0 Å². The summed E-state index contributed by atoms with van der Waals surface area (Å²) in [5, 5.41) is 1.48.